The number of carbonyl (C=O) groups is 1. The van der Waals surface area contributed by atoms with E-state index in [9.17, 15) is 4.79 Å². The highest BCUT2D eigenvalue weighted by Gasteiger charge is 2.09. The lowest BCUT2D eigenvalue weighted by Gasteiger charge is -2.09. The fourth-order valence-corrected chi connectivity index (χ4v) is 1.95. The van der Waals surface area contributed by atoms with Crippen LogP contribution in [0.25, 0.3) is 11.1 Å². The van der Waals surface area contributed by atoms with Crippen molar-refractivity contribution in [3.63, 3.8) is 0 Å². The number of nitrogen functional groups attached to an aromatic ring is 1. The van der Waals surface area contributed by atoms with E-state index in [1.807, 2.05) is 30.3 Å². The maximum atomic E-state index is 11.0. The van der Waals surface area contributed by atoms with Gasteiger partial charge in [-0.25, -0.2) is 4.79 Å². The van der Waals surface area contributed by atoms with Gasteiger partial charge in [0, 0.05) is 5.69 Å². The summed E-state index contributed by atoms with van der Waals surface area (Å²) in [5.41, 5.74) is 9.74. The Bertz CT molecular complexity index is 574. The van der Waals surface area contributed by atoms with Gasteiger partial charge in [0.15, 0.2) is 0 Å². The van der Waals surface area contributed by atoms with Crippen molar-refractivity contribution in [3.8, 4) is 11.1 Å². The smallest absolute Gasteiger partial charge is 0.335 e. The number of benzene rings is 2. The molecular weight excluding hydrogens is 226 g/mol. The molecule has 0 saturated carbocycles. The molecule has 0 spiro atoms. The summed E-state index contributed by atoms with van der Waals surface area (Å²) in [5, 5.41) is 9.04. The Hall–Kier alpha value is -2.29. The van der Waals surface area contributed by atoms with Crippen LogP contribution >= 0.6 is 0 Å². The number of hydrogen-bond donors (Lipinski definition) is 2. The summed E-state index contributed by atoms with van der Waals surface area (Å²) in [7, 11) is 0. The lowest BCUT2D eigenvalue weighted by Crippen LogP contribution is -1.98. The first kappa shape index (κ1) is 12.2. The van der Waals surface area contributed by atoms with E-state index >= 15 is 0 Å². The average molecular weight is 241 g/mol. The van der Waals surface area contributed by atoms with Crippen LogP contribution in [0.1, 0.15) is 22.8 Å². The van der Waals surface area contributed by atoms with Crippen molar-refractivity contribution in [2.45, 2.75) is 13.3 Å². The van der Waals surface area contributed by atoms with Crippen LogP contribution in [0.3, 0.4) is 0 Å². The van der Waals surface area contributed by atoms with E-state index in [2.05, 4.69) is 6.92 Å². The fourth-order valence-electron chi connectivity index (χ4n) is 1.95. The number of nitrogens with two attached hydrogens (primary N) is 1. The third-order valence-electron chi connectivity index (χ3n) is 2.96. The van der Waals surface area contributed by atoms with E-state index in [4.69, 9.17) is 10.8 Å². The highest BCUT2D eigenvalue weighted by molar-refractivity contribution is 5.90. The first-order valence-electron chi connectivity index (χ1n) is 5.84. The van der Waals surface area contributed by atoms with Gasteiger partial charge in [0.05, 0.1) is 5.56 Å². The van der Waals surface area contributed by atoms with Crippen molar-refractivity contribution in [1.82, 2.24) is 0 Å². The highest BCUT2D eigenvalue weighted by atomic mass is 16.4. The van der Waals surface area contributed by atoms with E-state index < -0.39 is 5.97 Å². The lowest BCUT2D eigenvalue weighted by molar-refractivity contribution is 0.0697. The van der Waals surface area contributed by atoms with Crippen LogP contribution in [0.2, 0.25) is 0 Å². The predicted molar refractivity (Wildman–Crippen MR) is 72.6 cm³/mol. The maximum absolute atomic E-state index is 11.0. The number of hydrogen-bond acceptors (Lipinski definition) is 2. The van der Waals surface area contributed by atoms with Crippen molar-refractivity contribution >= 4 is 11.7 Å². The summed E-state index contributed by atoms with van der Waals surface area (Å²) in [5.74, 6) is -0.908. The second-order valence-corrected chi connectivity index (χ2v) is 4.15. The first-order chi connectivity index (χ1) is 8.61. The number of aromatic carboxylic acids is 1. The Morgan fingerprint density at radius 2 is 1.83 bits per heavy atom. The van der Waals surface area contributed by atoms with Crippen LogP contribution in [-0.2, 0) is 6.42 Å². The van der Waals surface area contributed by atoms with Gasteiger partial charge in [0.1, 0.15) is 0 Å². The third-order valence-corrected chi connectivity index (χ3v) is 2.96. The monoisotopic (exact) mass is 241 g/mol. The van der Waals surface area contributed by atoms with Crippen molar-refractivity contribution in [2.24, 2.45) is 0 Å². The topological polar surface area (TPSA) is 63.3 Å². The molecule has 0 aliphatic heterocycles. The van der Waals surface area contributed by atoms with Gasteiger partial charge in [-0.1, -0.05) is 25.1 Å². The van der Waals surface area contributed by atoms with Crippen LogP contribution in [-0.4, -0.2) is 11.1 Å². The second-order valence-electron chi connectivity index (χ2n) is 4.15. The molecule has 3 N–H and O–H groups in total. The minimum absolute atomic E-state index is 0.305. The molecule has 0 heterocycles. The molecule has 0 aromatic heterocycles. The Labute approximate surface area is 106 Å². The van der Waals surface area contributed by atoms with E-state index in [1.165, 1.54) is 0 Å². The third kappa shape index (κ3) is 2.35. The van der Waals surface area contributed by atoms with E-state index in [0.717, 1.165) is 23.1 Å². The Kier molecular flexibility index (Phi) is 3.33. The zero-order chi connectivity index (χ0) is 13.1. The van der Waals surface area contributed by atoms with Crippen molar-refractivity contribution < 1.29 is 9.90 Å². The van der Waals surface area contributed by atoms with E-state index in [1.54, 1.807) is 12.1 Å². The Balaban J connectivity index is 2.56. The summed E-state index contributed by atoms with van der Waals surface area (Å²) < 4.78 is 0. The molecule has 0 bridgehead atoms. The summed E-state index contributed by atoms with van der Waals surface area (Å²) in [6.07, 6.45) is 0.861. The number of carboxylic acids is 1. The van der Waals surface area contributed by atoms with Crippen LogP contribution in [0, 0.1) is 0 Å². The van der Waals surface area contributed by atoms with Crippen LogP contribution in [0.15, 0.2) is 42.5 Å². The Morgan fingerprint density at radius 3 is 2.39 bits per heavy atom. The standard InChI is InChI=1S/C15H15NO2/c1-2-10-3-4-12(15(17)18)9-14(10)11-5-7-13(16)8-6-11/h3-9H,2,16H2,1H3,(H,17,18). The quantitative estimate of drug-likeness (QED) is 0.811. The predicted octanol–water partition coefficient (Wildman–Crippen LogP) is 3.20. The SMILES string of the molecule is CCc1ccc(C(=O)O)cc1-c1ccc(N)cc1. The van der Waals surface area contributed by atoms with E-state index in [-0.39, 0.29) is 0 Å². The zero-order valence-corrected chi connectivity index (χ0v) is 10.2. The normalized spacial score (nSPS) is 10.3. The fraction of sp³-hybridized carbons (Fsp3) is 0.133. The van der Waals surface area contributed by atoms with Crippen LogP contribution < -0.4 is 5.73 Å². The molecular formula is C15H15NO2. The molecule has 0 radical (unpaired) electrons. The van der Waals surface area contributed by atoms with Crippen molar-refractivity contribution in [3.05, 3.63) is 53.6 Å². The minimum atomic E-state index is -0.908. The van der Waals surface area contributed by atoms with Gasteiger partial charge in [0.2, 0.25) is 0 Å². The van der Waals surface area contributed by atoms with Gasteiger partial charge < -0.3 is 10.8 Å². The van der Waals surface area contributed by atoms with Gasteiger partial charge in [-0.3, -0.25) is 0 Å². The lowest BCUT2D eigenvalue weighted by atomic mass is 9.96. The summed E-state index contributed by atoms with van der Waals surface area (Å²) in [4.78, 5) is 11.0. The number of carboxylic acid groups (broad SMARTS) is 1. The zero-order valence-electron chi connectivity index (χ0n) is 10.2. The molecule has 92 valence electrons. The molecule has 0 aliphatic rings. The van der Waals surface area contributed by atoms with Crippen molar-refractivity contribution in [2.75, 3.05) is 5.73 Å². The van der Waals surface area contributed by atoms with Crippen molar-refractivity contribution in [1.29, 1.82) is 0 Å². The summed E-state index contributed by atoms with van der Waals surface area (Å²) >= 11 is 0. The Morgan fingerprint density at radius 1 is 1.17 bits per heavy atom. The van der Waals surface area contributed by atoms with Gasteiger partial charge >= 0.3 is 5.97 Å². The van der Waals surface area contributed by atoms with Gasteiger partial charge in [-0.05, 0) is 47.4 Å². The molecule has 2 rings (SSSR count). The molecule has 3 nitrogen and oxygen atoms in total. The summed E-state index contributed by atoms with van der Waals surface area (Å²) in [6, 6.07) is 12.7. The minimum Gasteiger partial charge on any atom is -0.478 e. The maximum Gasteiger partial charge on any atom is 0.335 e. The molecule has 2 aromatic rings. The highest BCUT2D eigenvalue weighted by Crippen LogP contribution is 2.26. The number of aryl methyl sites for hydroxylation is 1. The molecule has 0 atom stereocenters. The number of rotatable bonds is 3. The molecule has 3 heteroatoms. The van der Waals surface area contributed by atoms with Gasteiger partial charge in [-0.2, -0.15) is 0 Å². The first-order valence-corrected chi connectivity index (χ1v) is 5.84. The molecule has 0 aliphatic carbocycles. The van der Waals surface area contributed by atoms with E-state index in [0.29, 0.717) is 11.3 Å². The van der Waals surface area contributed by atoms with Crippen LogP contribution in [0.4, 0.5) is 5.69 Å². The average Bonchev–Trinajstić information content (AvgIpc) is 2.39. The van der Waals surface area contributed by atoms with Gasteiger partial charge in [0.25, 0.3) is 0 Å². The molecule has 0 fully saturated rings. The molecule has 2 aromatic carbocycles. The summed E-state index contributed by atoms with van der Waals surface area (Å²) in [6.45, 7) is 2.05. The van der Waals surface area contributed by atoms with Gasteiger partial charge in [-0.15, -0.1) is 0 Å². The van der Waals surface area contributed by atoms with Crippen LogP contribution in [0.5, 0.6) is 0 Å². The molecule has 0 saturated heterocycles. The molecule has 0 amide bonds. The number of anilines is 1. The molecule has 18 heavy (non-hydrogen) atoms. The largest absolute Gasteiger partial charge is 0.478 e. The second kappa shape index (κ2) is 4.92. The molecule has 0 unspecified atom stereocenters.